The number of benzene rings is 1. The minimum Gasteiger partial charge on any atom is -0.481 e. The van der Waals surface area contributed by atoms with Gasteiger partial charge in [0.2, 0.25) is 12.2 Å². The number of aliphatic carboxylic acids is 1. The molecule has 3 N–H and O–H groups in total. The molecule has 2 amide bonds. The molecule has 1 aromatic rings. The first-order valence-electron chi connectivity index (χ1n) is 8.23. The van der Waals surface area contributed by atoms with Crippen LogP contribution in [0, 0.1) is 0 Å². The van der Waals surface area contributed by atoms with Crippen LogP contribution in [-0.4, -0.2) is 41.3 Å². The second-order valence-electron chi connectivity index (χ2n) is 5.65. The minimum atomic E-state index is -1.07. The van der Waals surface area contributed by atoms with Crippen LogP contribution >= 0.6 is 0 Å². The largest absolute Gasteiger partial charge is 0.481 e. The predicted octanol–water partition coefficient (Wildman–Crippen LogP) is 1.43. The summed E-state index contributed by atoms with van der Waals surface area (Å²) < 4.78 is 0. The fourth-order valence-corrected chi connectivity index (χ4v) is 2.21. The number of unbranched alkanes of at least 4 members (excludes halogenated alkanes) is 1. The van der Waals surface area contributed by atoms with Gasteiger partial charge in [-0.3, -0.25) is 19.2 Å². The Morgan fingerprint density at radius 2 is 1.80 bits per heavy atom. The molecule has 1 rings (SSSR count). The summed E-state index contributed by atoms with van der Waals surface area (Å²) >= 11 is 0. The summed E-state index contributed by atoms with van der Waals surface area (Å²) in [5.74, 6) is -2.14. The molecule has 0 fully saturated rings. The van der Waals surface area contributed by atoms with Crippen LogP contribution in [0.1, 0.15) is 49.4 Å². The highest BCUT2D eigenvalue weighted by atomic mass is 16.4. The van der Waals surface area contributed by atoms with Gasteiger partial charge in [0.25, 0.3) is 5.91 Å². The number of carboxylic acid groups (broad SMARTS) is 1. The summed E-state index contributed by atoms with van der Waals surface area (Å²) in [6.45, 7) is 1.96. The molecule has 0 aliphatic carbocycles. The van der Waals surface area contributed by atoms with Gasteiger partial charge in [0.05, 0.1) is 6.04 Å². The average molecular weight is 347 g/mol. The number of carbonyl (C=O) groups excluding carboxylic acids is 3. The molecule has 25 heavy (non-hydrogen) atoms. The van der Waals surface area contributed by atoms with E-state index < -0.39 is 29.9 Å². The van der Waals surface area contributed by atoms with Gasteiger partial charge in [-0.2, -0.15) is 0 Å². The quantitative estimate of drug-likeness (QED) is 0.560. The van der Waals surface area contributed by atoms with Crippen LogP contribution in [0.5, 0.6) is 0 Å². The van der Waals surface area contributed by atoms with Crippen molar-refractivity contribution in [2.45, 2.75) is 51.1 Å². The monoisotopic (exact) mass is 347 g/mol. The second-order valence-corrected chi connectivity index (χ2v) is 5.65. The predicted molar refractivity (Wildman–Crippen MR) is 91.7 cm³/mol. The topological polar surface area (TPSA) is 113 Å². The standard InChI is InChI=1S/C18H23N2O5/c1-2-3-9-14(12-21)19-18(25)15(10-11-16(22)23)20-17(24)13-7-5-4-6-8-13/h4-8,14-15H,2-3,9-11H2,1H3,(H,19,25)(H,20,24)(H,22,23)/t14-,15-/m0/s1. The normalized spacial score (nSPS) is 12.7. The molecule has 7 heteroatoms. The van der Waals surface area contributed by atoms with Crippen LogP contribution in [0.15, 0.2) is 30.3 Å². The number of nitrogens with one attached hydrogen (secondary N) is 2. The Morgan fingerprint density at radius 3 is 2.36 bits per heavy atom. The molecule has 7 nitrogen and oxygen atoms in total. The lowest BCUT2D eigenvalue weighted by Crippen LogP contribution is -2.50. The molecule has 0 spiro atoms. The summed E-state index contributed by atoms with van der Waals surface area (Å²) in [6.07, 6.45) is 3.47. The van der Waals surface area contributed by atoms with Gasteiger partial charge < -0.3 is 15.7 Å². The Balaban J connectivity index is 2.76. The van der Waals surface area contributed by atoms with Crippen LogP contribution in [-0.2, 0) is 14.4 Å². The molecular weight excluding hydrogens is 324 g/mol. The Morgan fingerprint density at radius 1 is 1.12 bits per heavy atom. The van der Waals surface area contributed by atoms with E-state index in [1.54, 1.807) is 36.6 Å². The van der Waals surface area contributed by atoms with Crippen molar-refractivity contribution >= 4 is 24.1 Å². The summed E-state index contributed by atoms with van der Waals surface area (Å²) in [7, 11) is 0. The third-order valence-corrected chi connectivity index (χ3v) is 3.61. The average Bonchev–Trinajstić information content (AvgIpc) is 2.62. The fraction of sp³-hybridized carbons (Fsp3) is 0.444. The molecule has 2 atom stereocenters. The molecule has 1 radical (unpaired) electrons. The number of carboxylic acids is 1. The van der Waals surface area contributed by atoms with E-state index in [0.29, 0.717) is 12.0 Å². The third-order valence-electron chi connectivity index (χ3n) is 3.61. The molecule has 1 aromatic carbocycles. The number of carbonyl (C=O) groups is 3. The molecule has 0 aromatic heterocycles. The first-order valence-corrected chi connectivity index (χ1v) is 8.23. The van der Waals surface area contributed by atoms with E-state index in [-0.39, 0.29) is 12.8 Å². The van der Waals surface area contributed by atoms with Gasteiger partial charge in [0, 0.05) is 12.0 Å². The highest BCUT2D eigenvalue weighted by Gasteiger charge is 2.24. The van der Waals surface area contributed by atoms with Gasteiger partial charge in [-0.25, -0.2) is 0 Å². The lowest BCUT2D eigenvalue weighted by Gasteiger charge is -2.20. The second kappa shape index (κ2) is 11.0. The Labute approximate surface area is 146 Å². The lowest BCUT2D eigenvalue weighted by molar-refractivity contribution is -0.137. The number of rotatable bonds is 11. The zero-order chi connectivity index (χ0) is 18.7. The summed E-state index contributed by atoms with van der Waals surface area (Å²) in [6, 6.07) is 6.49. The van der Waals surface area contributed by atoms with E-state index in [4.69, 9.17) is 5.11 Å². The number of hydrogen-bond donors (Lipinski definition) is 3. The molecule has 0 saturated heterocycles. The summed E-state index contributed by atoms with van der Waals surface area (Å²) in [4.78, 5) is 46.3. The summed E-state index contributed by atoms with van der Waals surface area (Å²) in [5.41, 5.74) is 0.361. The fourth-order valence-electron chi connectivity index (χ4n) is 2.21. The van der Waals surface area contributed by atoms with Crippen LogP contribution in [0.2, 0.25) is 0 Å². The maximum absolute atomic E-state index is 12.4. The minimum absolute atomic E-state index is 0.0703. The maximum atomic E-state index is 12.4. The van der Waals surface area contributed by atoms with Gasteiger partial charge in [-0.1, -0.05) is 38.0 Å². The first kappa shape index (κ1) is 20.3. The van der Waals surface area contributed by atoms with Crippen molar-refractivity contribution in [1.82, 2.24) is 10.6 Å². The molecule has 0 heterocycles. The van der Waals surface area contributed by atoms with E-state index in [1.165, 1.54) is 0 Å². The number of amides is 2. The number of hydrogen-bond acceptors (Lipinski definition) is 4. The highest BCUT2D eigenvalue weighted by molar-refractivity contribution is 5.97. The van der Waals surface area contributed by atoms with Gasteiger partial charge in [0.1, 0.15) is 6.04 Å². The molecule has 135 valence electrons. The maximum Gasteiger partial charge on any atom is 0.303 e. The molecule has 0 aliphatic heterocycles. The van der Waals surface area contributed by atoms with Gasteiger partial charge in [-0.15, -0.1) is 0 Å². The van der Waals surface area contributed by atoms with E-state index in [0.717, 1.165) is 12.8 Å². The van der Waals surface area contributed by atoms with Gasteiger partial charge in [-0.05, 0) is 25.0 Å². The SMILES string of the molecule is CCCC[C@@H]([C]=O)NC(=O)[C@H](CCC(=O)O)NC(=O)c1ccccc1. The zero-order valence-electron chi connectivity index (χ0n) is 14.2. The molecule has 0 unspecified atom stereocenters. The van der Waals surface area contributed by atoms with Crippen molar-refractivity contribution in [3.63, 3.8) is 0 Å². The molecule has 0 aliphatic rings. The summed E-state index contributed by atoms with van der Waals surface area (Å²) in [5, 5.41) is 13.9. The van der Waals surface area contributed by atoms with Crippen LogP contribution in [0.25, 0.3) is 0 Å². The van der Waals surface area contributed by atoms with Gasteiger partial charge >= 0.3 is 5.97 Å². The Kier molecular flexibility index (Phi) is 8.92. The van der Waals surface area contributed by atoms with Crippen molar-refractivity contribution < 1.29 is 24.3 Å². The van der Waals surface area contributed by atoms with Crippen molar-refractivity contribution in [2.24, 2.45) is 0 Å². The molecule has 0 saturated carbocycles. The van der Waals surface area contributed by atoms with E-state index in [2.05, 4.69) is 10.6 Å². The van der Waals surface area contributed by atoms with Crippen LogP contribution in [0.3, 0.4) is 0 Å². The highest BCUT2D eigenvalue weighted by Crippen LogP contribution is 2.05. The van der Waals surface area contributed by atoms with Crippen molar-refractivity contribution in [3.05, 3.63) is 35.9 Å². The van der Waals surface area contributed by atoms with Crippen molar-refractivity contribution in [3.8, 4) is 0 Å². The van der Waals surface area contributed by atoms with Crippen molar-refractivity contribution in [1.29, 1.82) is 0 Å². The van der Waals surface area contributed by atoms with E-state index in [9.17, 15) is 19.2 Å². The first-order chi connectivity index (χ1) is 12.0. The van der Waals surface area contributed by atoms with E-state index >= 15 is 0 Å². The van der Waals surface area contributed by atoms with E-state index in [1.807, 2.05) is 6.92 Å². The molecular formula is C18H23N2O5. The molecule has 0 bridgehead atoms. The smallest absolute Gasteiger partial charge is 0.303 e. The van der Waals surface area contributed by atoms with Crippen LogP contribution < -0.4 is 10.6 Å². The zero-order valence-corrected chi connectivity index (χ0v) is 14.2. The lowest BCUT2D eigenvalue weighted by atomic mass is 10.1. The third kappa shape index (κ3) is 7.60. The van der Waals surface area contributed by atoms with Crippen LogP contribution in [0.4, 0.5) is 0 Å². The Bertz CT molecular complexity index is 588. The Hall–Kier alpha value is -2.70. The van der Waals surface area contributed by atoms with Crippen molar-refractivity contribution in [2.75, 3.05) is 0 Å². The van der Waals surface area contributed by atoms with Gasteiger partial charge in [0.15, 0.2) is 0 Å².